The normalized spacial score (nSPS) is 15.8. The minimum Gasteiger partial charge on any atom is -0.444 e. The molecule has 6 heteroatoms. The lowest BCUT2D eigenvalue weighted by Crippen LogP contribution is -2.61. The SMILES string of the molecule is CC(C)(C)OC(=O)NC1CN(C(=O)CC#N)C1. The zero-order chi connectivity index (χ0) is 13.1. The van der Waals surface area contributed by atoms with Gasteiger partial charge >= 0.3 is 6.09 Å². The number of nitrogens with zero attached hydrogens (tertiary/aromatic N) is 2. The molecule has 0 aliphatic carbocycles. The van der Waals surface area contributed by atoms with Gasteiger partial charge in [0.15, 0.2) is 0 Å². The number of hydrogen-bond donors (Lipinski definition) is 1. The van der Waals surface area contributed by atoms with E-state index in [1.54, 1.807) is 26.8 Å². The van der Waals surface area contributed by atoms with Crippen molar-refractivity contribution in [3.63, 3.8) is 0 Å². The quantitative estimate of drug-likeness (QED) is 0.766. The highest BCUT2D eigenvalue weighted by atomic mass is 16.6. The highest BCUT2D eigenvalue weighted by molar-refractivity contribution is 5.79. The highest BCUT2D eigenvalue weighted by Crippen LogP contribution is 2.11. The van der Waals surface area contributed by atoms with E-state index in [1.165, 1.54) is 4.90 Å². The van der Waals surface area contributed by atoms with Crippen molar-refractivity contribution in [3.05, 3.63) is 0 Å². The summed E-state index contributed by atoms with van der Waals surface area (Å²) < 4.78 is 5.08. The molecule has 1 fully saturated rings. The maximum Gasteiger partial charge on any atom is 0.407 e. The summed E-state index contributed by atoms with van der Waals surface area (Å²) in [6, 6.07) is 1.72. The minimum atomic E-state index is -0.524. The number of rotatable bonds is 2. The van der Waals surface area contributed by atoms with Crippen LogP contribution in [0.5, 0.6) is 0 Å². The second-order valence-electron chi connectivity index (χ2n) is 4.98. The number of amides is 2. The van der Waals surface area contributed by atoms with E-state index >= 15 is 0 Å². The van der Waals surface area contributed by atoms with Crippen molar-refractivity contribution >= 4 is 12.0 Å². The van der Waals surface area contributed by atoms with Crippen LogP contribution in [0.25, 0.3) is 0 Å². The summed E-state index contributed by atoms with van der Waals surface area (Å²) in [6.07, 6.45) is -0.589. The third kappa shape index (κ3) is 4.31. The van der Waals surface area contributed by atoms with Crippen molar-refractivity contribution < 1.29 is 14.3 Å². The van der Waals surface area contributed by atoms with Crippen molar-refractivity contribution in [3.8, 4) is 6.07 Å². The monoisotopic (exact) mass is 239 g/mol. The molecular formula is C11H17N3O3. The van der Waals surface area contributed by atoms with Crippen LogP contribution in [-0.2, 0) is 9.53 Å². The fourth-order valence-electron chi connectivity index (χ4n) is 1.43. The van der Waals surface area contributed by atoms with Gasteiger partial charge in [-0.3, -0.25) is 4.79 Å². The Morgan fingerprint density at radius 3 is 2.53 bits per heavy atom. The van der Waals surface area contributed by atoms with Crippen LogP contribution in [0, 0.1) is 11.3 Å². The average molecular weight is 239 g/mol. The first-order chi connectivity index (χ1) is 7.81. The Morgan fingerprint density at radius 2 is 2.06 bits per heavy atom. The highest BCUT2D eigenvalue weighted by Gasteiger charge is 2.32. The van der Waals surface area contributed by atoms with E-state index in [9.17, 15) is 9.59 Å². The summed E-state index contributed by atoms with van der Waals surface area (Å²) in [4.78, 5) is 24.2. The molecule has 1 N–H and O–H groups in total. The molecule has 1 aliphatic heterocycles. The molecule has 0 aromatic heterocycles. The topological polar surface area (TPSA) is 82.4 Å². The van der Waals surface area contributed by atoms with E-state index in [2.05, 4.69) is 5.32 Å². The summed E-state index contributed by atoms with van der Waals surface area (Å²) in [7, 11) is 0. The van der Waals surface area contributed by atoms with Crippen LogP contribution in [0.4, 0.5) is 4.79 Å². The van der Waals surface area contributed by atoms with Crippen molar-refractivity contribution in [2.24, 2.45) is 0 Å². The van der Waals surface area contributed by atoms with Crippen molar-refractivity contribution in [2.75, 3.05) is 13.1 Å². The van der Waals surface area contributed by atoms with Gasteiger partial charge < -0.3 is 15.0 Å². The lowest BCUT2D eigenvalue weighted by atomic mass is 10.1. The van der Waals surface area contributed by atoms with E-state index < -0.39 is 11.7 Å². The van der Waals surface area contributed by atoms with Crippen molar-refractivity contribution in [1.82, 2.24) is 10.2 Å². The van der Waals surface area contributed by atoms with Crippen LogP contribution >= 0.6 is 0 Å². The van der Waals surface area contributed by atoms with Gasteiger partial charge in [-0.2, -0.15) is 5.26 Å². The van der Waals surface area contributed by atoms with Crippen LogP contribution < -0.4 is 5.32 Å². The molecule has 0 aromatic rings. The Bertz CT molecular complexity index is 348. The van der Waals surface area contributed by atoms with Gasteiger partial charge in [-0.05, 0) is 20.8 Å². The molecule has 6 nitrogen and oxygen atoms in total. The fraction of sp³-hybridized carbons (Fsp3) is 0.727. The van der Waals surface area contributed by atoms with Gasteiger partial charge in [0, 0.05) is 13.1 Å². The van der Waals surface area contributed by atoms with E-state index in [0.29, 0.717) is 13.1 Å². The molecule has 1 aliphatic rings. The molecule has 94 valence electrons. The lowest BCUT2D eigenvalue weighted by Gasteiger charge is -2.39. The van der Waals surface area contributed by atoms with Gasteiger partial charge in [0.1, 0.15) is 12.0 Å². The van der Waals surface area contributed by atoms with Crippen molar-refractivity contribution in [2.45, 2.75) is 38.8 Å². The van der Waals surface area contributed by atoms with Crippen LogP contribution in [0.1, 0.15) is 27.2 Å². The number of carbonyl (C=O) groups excluding carboxylic acids is 2. The van der Waals surface area contributed by atoms with Gasteiger partial charge in [0.05, 0.1) is 12.1 Å². The molecule has 0 saturated carbocycles. The summed E-state index contributed by atoms with van der Waals surface area (Å²) in [5.41, 5.74) is -0.524. The first-order valence-electron chi connectivity index (χ1n) is 5.46. The molecule has 1 heterocycles. The molecule has 0 atom stereocenters. The van der Waals surface area contributed by atoms with E-state index in [1.807, 2.05) is 0 Å². The Hall–Kier alpha value is -1.77. The molecular weight excluding hydrogens is 222 g/mol. The predicted molar refractivity (Wildman–Crippen MR) is 60.0 cm³/mol. The molecule has 0 spiro atoms. The minimum absolute atomic E-state index is 0.0764. The zero-order valence-electron chi connectivity index (χ0n) is 10.3. The summed E-state index contributed by atoms with van der Waals surface area (Å²) >= 11 is 0. The number of ether oxygens (including phenoxy) is 1. The number of carbonyl (C=O) groups is 2. The lowest BCUT2D eigenvalue weighted by molar-refractivity contribution is -0.134. The van der Waals surface area contributed by atoms with Crippen LogP contribution in [-0.4, -0.2) is 41.6 Å². The van der Waals surface area contributed by atoms with Gasteiger partial charge in [0.2, 0.25) is 5.91 Å². The first kappa shape index (κ1) is 13.3. The van der Waals surface area contributed by atoms with Crippen molar-refractivity contribution in [1.29, 1.82) is 5.26 Å². The summed E-state index contributed by atoms with van der Waals surface area (Å²) in [5, 5.41) is 11.0. The number of hydrogen-bond acceptors (Lipinski definition) is 4. The van der Waals surface area contributed by atoms with Gasteiger partial charge in [-0.25, -0.2) is 4.79 Å². The maximum atomic E-state index is 11.4. The Morgan fingerprint density at radius 1 is 1.47 bits per heavy atom. The standard InChI is InChI=1S/C11H17N3O3/c1-11(2,3)17-10(16)13-8-6-14(7-8)9(15)4-5-12/h8H,4,6-7H2,1-3H3,(H,13,16). The predicted octanol–water partition coefficient (Wildman–Crippen LogP) is 0.636. The molecule has 1 rings (SSSR count). The number of nitriles is 1. The summed E-state index contributed by atoms with van der Waals surface area (Å²) in [6.45, 7) is 6.25. The molecule has 0 radical (unpaired) electrons. The Kier molecular flexibility index (Phi) is 3.94. The largest absolute Gasteiger partial charge is 0.444 e. The Balaban J connectivity index is 2.24. The van der Waals surface area contributed by atoms with Gasteiger partial charge in [-0.1, -0.05) is 0 Å². The molecule has 1 saturated heterocycles. The van der Waals surface area contributed by atoms with Crippen LogP contribution in [0.3, 0.4) is 0 Å². The number of nitrogens with one attached hydrogen (secondary N) is 1. The van der Waals surface area contributed by atoms with E-state index in [4.69, 9.17) is 10.00 Å². The molecule has 0 unspecified atom stereocenters. The van der Waals surface area contributed by atoms with Crippen LogP contribution in [0.2, 0.25) is 0 Å². The molecule has 2 amide bonds. The number of alkyl carbamates (subject to hydrolysis) is 1. The second kappa shape index (κ2) is 5.04. The summed E-state index contributed by atoms with van der Waals surface area (Å²) in [5.74, 6) is -0.199. The third-order valence-corrected chi connectivity index (χ3v) is 2.19. The second-order valence-corrected chi connectivity index (χ2v) is 4.98. The molecule has 0 bridgehead atoms. The molecule has 17 heavy (non-hydrogen) atoms. The smallest absolute Gasteiger partial charge is 0.407 e. The third-order valence-electron chi connectivity index (χ3n) is 2.19. The number of likely N-dealkylation sites (tertiary alicyclic amines) is 1. The Labute approximate surface area is 101 Å². The van der Waals surface area contributed by atoms with Crippen LogP contribution in [0.15, 0.2) is 0 Å². The maximum absolute atomic E-state index is 11.4. The average Bonchev–Trinajstić information content (AvgIpc) is 2.07. The van der Waals surface area contributed by atoms with Gasteiger partial charge in [-0.15, -0.1) is 0 Å². The zero-order valence-corrected chi connectivity index (χ0v) is 10.3. The first-order valence-corrected chi connectivity index (χ1v) is 5.46. The van der Waals surface area contributed by atoms with E-state index in [-0.39, 0.29) is 18.4 Å². The fourth-order valence-corrected chi connectivity index (χ4v) is 1.43. The van der Waals surface area contributed by atoms with E-state index in [0.717, 1.165) is 0 Å². The molecule has 0 aromatic carbocycles. The van der Waals surface area contributed by atoms with Gasteiger partial charge in [0.25, 0.3) is 0 Å².